The first-order chi connectivity index (χ1) is 9.60. The van der Waals surface area contributed by atoms with Gasteiger partial charge in [0.2, 0.25) is 0 Å². The van der Waals surface area contributed by atoms with Gasteiger partial charge in [-0.05, 0) is 57.0 Å². The van der Waals surface area contributed by atoms with E-state index in [1.807, 2.05) is 0 Å². The van der Waals surface area contributed by atoms with E-state index in [0.29, 0.717) is 12.2 Å². The minimum Gasteiger partial charge on any atom is -0.372 e. The number of hydrogen-bond donors (Lipinski definition) is 1. The van der Waals surface area contributed by atoms with Gasteiger partial charge in [-0.3, -0.25) is 0 Å². The largest absolute Gasteiger partial charge is 0.372 e. The molecular weight excluding hydrogens is 248 g/mol. The molecule has 1 aliphatic heterocycles. The van der Waals surface area contributed by atoms with E-state index in [1.165, 1.54) is 23.2 Å². The van der Waals surface area contributed by atoms with Crippen LogP contribution in [0.5, 0.6) is 0 Å². The zero-order valence-electron chi connectivity index (χ0n) is 13.3. The van der Waals surface area contributed by atoms with Crippen molar-refractivity contribution in [3.8, 4) is 0 Å². The zero-order valence-corrected chi connectivity index (χ0v) is 13.3. The third kappa shape index (κ3) is 3.97. The monoisotopic (exact) mass is 276 g/mol. The molecule has 0 spiro atoms. The van der Waals surface area contributed by atoms with E-state index in [4.69, 9.17) is 4.74 Å². The maximum atomic E-state index is 5.81. The van der Waals surface area contributed by atoms with E-state index in [-0.39, 0.29) is 0 Å². The van der Waals surface area contributed by atoms with Crippen molar-refractivity contribution in [2.45, 2.75) is 52.9 Å². The fraction of sp³-hybridized carbons (Fsp3) is 0.647. The van der Waals surface area contributed by atoms with Crippen molar-refractivity contribution < 1.29 is 4.74 Å². The Hall–Kier alpha value is -1.06. The molecule has 1 saturated heterocycles. The number of aryl methyl sites for hydroxylation is 1. The van der Waals surface area contributed by atoms with Crippen LogP contribution in [0.25, 0.3) is 0 Å². The fourth-order valence-electron chi connectivity index (χ4n) is 2.86. The third-order valence-electron chi connectivity index (χ3n) is 3.85. The first-order valence-corrected chi connectivity index (χ1v) is 7.80. The first-order valence-electron chi connectivity index (χ1n) is 7.80. The Kier molecular flexibility index (Phi) is 5.44. The zero-order chi connectivity index (χ0) is 14.5. The number of morpholine rings is 1. The number of ether oxygens (including phenoxy) is 1. The summed E-state index contributed by atoms with van der Waals surface area (Å²) in [5.74, 6) is 0. The molecule has 3 heteroatoms. The van der Waals surface area contributed by atoms with Crippen molar-refractivity contribution in [1.82, 2.24) is 5.32 Å². The highest BCUT2D eigenvalue weighted by atomic mass is 16.5. The van der Waals surface area contributed by atoms with Gasteiger partial charge in [0.05, 0.1) is 12.2 Å². The van der Waals surface area contributed by atoms with Crippen LogP contribution in [0, 0.1) is 6.92 Å². The lowest BCUT2D eigenvalue weighted by Crippen LogP contribution is -2.45. The lowest BCUT2D eigenvalue weighted by molar-refractivity contribution is -0.00522. The summed E-state index contributed by atoms with van der Waals surface area (Å²) < 4.78 is 5.81. The summed E-state index contributed by atoms with van der Waals surface area (Å²) >= 11 is 0. The minimum absolute atomic E-state index is 0.310. The van der Waals surface area contributed by atoms with E-state index < -0.39 is 0 Å². The molecule has 1 aliphatic rings. The predicted octanol–water partition coefficient (Wildman–Crippen LogP) is 3.11. The van der Waals surface area contributed by atoms with Crippen LogP contribution in [0.4, 0.5) is 5.69 Å². The van der Waals surface area contributed by atoms with Crippen LogP contribution < -0.4 is 10.2 Å². The van der Waals surface area contributed by atoms with Crippen LogP contribution in [0.15, 0.2) is 18.2 Å². The summed E-state index contributed by atoms with van der Waals surface area (Å²) in [6.07, 6.45) is 1.80. The van der Waals surface area contributed by atoms with Gasteiger partial charge in [0.25, 0.3) is 0 Å². The standard InChI is InChI=1S/C17H28N2O/c1-5-8-18-10-16-6-7-17(9-13(16)2)19-11-14(3)20-15(4)12-19/h6-7,9,14-15,18H,5,8,10-12H2,1-4H3/t14-,15+. The Bertz CT molecular complexity index is 423. The molecule has 2 atom stereocenters. The van der Waals surface area contributed by atoms with Crippen LogP contribution in [-0.4, -0.2) is 31.8 Å². The fourth-order valence-corrected chi connectivity index (χ4v) is 2.86. The summed E-state index contributed by atoms with van der Waals surface area (Å²) in [5, 5.41) is 3.47. The van der Waals surface area contributed by atoms with Gasteiger partial charge in [-0.15, -0.1) is 0 Å². The van der Waals surface area contributed by atoms with Gasteiger partial charge in [-0.2, -0.15) is 0 Å². The van der Waals surface area contributed by atoms with Gasteiger partial charge in [0, 0.05) is 25.3 Å². The Morgan fingerprint density at radius 2 is 1.95 bits per heavy atom. The second-order valence-corrected chi connectivity index (χ2v) is 5.95. The minimum atomic E-state index is 0.310. The van der Waals surface area contributed by atoms with E-state index in [9.17, 15) is 0 Å². The van der Waals surface area contributed by atoms with Gasteiger partial charge < -0.3 is 15.0 Å². The molecule has 20 heavy (non-hydrogen) atoms. The highest BCUT2D eigenvalue weighted by Crippen LogP contribution is 2.23. The van der Waals surface area contributed by atoms with E-state index in [2.05, 4.69) is 56.1 Å². The van der Waals surface area contributed by atoms with Gasteiger partial charge >= 0.3 is 0 Å². The van der Waals surface area contributed by atoms with Crippen LogP contribution in [0.3, 0.4) is 0 Å². The van der Waals surface area contributed by atoms with Crippen molar-refractivity contribution in [3.63, 3.8) is 0 Å². The van der Waals surface area contributed by atoms with Crippen LogP contribution in [0.1, 0.15) is 38.3 Å². The van der Waals surface area contributed by atoms with Crippen LogP contribution in [-0.2, 0) is 11.3 Å². The third-order valence-corrected chi connectivity index (χ3v) is 3.85. The average molecular weight is 276 g/mol. The molecular formula is C17H28N2O. The Balaban J connectivity index is 2.04. The molecule has 0 unspecified atom stereocenters. The number of nitrogens with zero attached hydrogens (tertiary/aromatic N) is 1. The Morgan fingerprint density at radius 3 is 2.55 bits per heavy atom. The highest BCUT2D eigenvalue weighted by molar-refractivity contribution is 5.51. The lowest BCUT2D eigenvalue weighted by atomic mass is 10.1. The molecule has 2 rings (SSSR count). The summed E-state index contributed by atoms with van der Waals surface area (Å²) in [6.45, 7) is 12.7. The van der Waals surface area contributed by atoms with Gasteiger partial charge in [-0.25, -0.2) is 0 Å². The topological polar surface area (TPSA) is 24.5 Å². The van der Waals surface area contributed by atoms with Crippen molar-refractivity contribution in [3.05, 3.63) is 29.3 Å². The van der Waals surface area contributed by atoms with Crippen molar-refractivity contribution in [2.24, 2.45) is 0 Å². The molecule has 1 aromatic carbocycles. The maximum absolute atomic E-state index is 5.81. The molecule has 0 aliphatic carbocycles. The summed E-state index contributed by atoms with van der Waals surface area (Å²) in [4.78, 5) is 2.44. The number of nitrogens with one attached hydrogen (secondary N) is 1. The number of anilines is 1. The van der Waals surface area contributed by atoms with Crippen molar-refractivity contribution >= 4 is 5.69 Å². The predicted molar refractivity (Wildman–Crippen MR) is 85.4 cm³/mol. The Labute approximate surface area is 123 Å². The molecule has 112 valence electrons. The molecule has 1 N–H and O–H groups in total. The highest BCUT2D eigenvalue weighted by Gasteiger charge is 2.22. The lowest BCUT2D eigenvalue weighted by Gasteiger charge is -2.37. The van der Waals surface area contributed by atoms with Gasteiger partial charge in [0.1, 0.15) is 0 Å². The molecule has 1 fully saturated rings. The van der Waals surface area contributed by atoms with E-state index in [1.54, 1.807) is 0 Å². The van der Waals surface area contributed by atoms with Crippen LogP contribution in [0.2, 0.25) is 0 Å². The molecule has 0 aromatic heterocycles. The number of benzene rings is 1. The van der Waals surface area contributed by atoms with Crippen molar-refractivity contribution in [2.75, 3.05) is 24.5 Å². The average Bonchev–Trinajstić information content (AvgIpc) is 2.39. The quantitative estimate of drug-likeness (QED) is 0.836. The second kappa shape index (κ2) is 7.09. The summed E-state index contributed by atoms with van der Waals surface area (Å²) in [7, 11) is 0. The molecule has 0 bridgehead atoms. The van der Waals surface area contributed by atoms with E-state index in [0.717, 1.165) is 26.2 Å². The van der Waals surface area contributed by atoms with Gasteiger partial charge in [0.15, 0.2) is 0 Å². The molecule has 0 radical (unpaired) electrons. The number of rotatable bonds is 5. The van der Waals surface area contributed by atoms with Crippen LogP contribution >= 0.6 is 0 Å². The maximum Gasteiger partial charge on any atom is 0.0726 e. The van der Waals surface area contributed by atoms with Crippen molar-refractivity contribution in [1.29, 1.82) is 0 Å². The number of hydrogen-bond acceptors (Lipinski definition) is 3. The second-order valence-electron chi connectivity index (χ2n) is 5.95. The first kappa shape index (κ1) is 15.3. The smallest absolute Gasteiger partial charge is 0.0726 e. The molecule has 1 aromatic rings. The normalized spacial score (nSPS) is 23.1. The summed E-state index contributed by atoms with van der Waals surface area (Å²) in [5.41, 5.74) is 4.10. The Morgan fingerprint density at radius 1 is 1.25 bits per heavy atom. The molecule has 0 saturated carbocycles. The molecule has 1 heterocycles. The van der Waals surface area contributed by atoms with Gasteiger partial charge in [-0.1, -0.05) is 13.0 Å². The SMILES string of the molecule is CCCNCc1ccc(N2C[C@@H](C)O[C@@H](C)C2)cc1C. The van der Waals surface area contributed by atoms with E-state index >= 15 is 0 Å². The summed E-state index contributed by atoms with van der Waals surface area (Å²) in [6, 6.07) is 6.83. The molecule has 3 nitrogen and oxygen atoms in total. The molecule has 0 amide bonds.